The summed E-state index contributed by atoms with van der Waals surface area (Å²) in [4.78, 5) is 4.07. The van der Waals surface area contributed by atoms with Gasteiger partial charge in [0.25, 0.3) is 0 Å². The Morgan fingerprint density at radius 1 is 0.826 bits per heavy atom. The number of halogens is 2. The van der Waals surface area contributed by atoms with Crippen LogP contribution in [-0.4, -0.2) is 29.6 Å². The van der Waals surface area contributed by atoms with E-state index in [1.807, 2.05) is 12.4 Å². The molecule has 23 heavy (non-hydrogen) atoms. The summed E-state index contributed by atoms with van der Waals surface area (Å²) in [5, 5.41) is 0. The van der Waals surface area contributed by atoms with Gasteiger partial charge in [0.05, 0.1) is 18.5 Å². The van der Waals surface area contributed by atoms with Crippen molar-refractivity contribution in [3.05, 3.63) is 49.1 Å². The Labute approximate surface area is 162 Å². The molecule has 0 amide bonds. The zero-order valence-corrected chi connectivity index (χ0v) is 18.3. The standard InChI is InChI=1S/C18H27N2P.2BrH/c1-4-21(5-2,6-3)16-15-20-13-9-18(10-14-20)17-7-11-19-12-8-17;;/h7-14H,4-6,15-16H2,1-3H3;2*1H/q+2;;/p-2. The minimum Gasteiger partial charge on any atom is -1.00 e. The molecule has 0 fully saturated rings. The first-order valence-corrected chi connectivity index (χ1v) is 10.5. The third-order valence-corrected chi connectivity index (χ3v) is 9.92. The van der Waals surface area contributed by atoms with Crippen LogP contribution in [0, 0.1) is 0 Å². The normalized spacial score (nSPS) is 10.6. The van der Waals surface area contributed by atoms with E-state index in [1.54, 1.807) is 0 Å². The maximum atomic E-state index is 4.07. The Kier molecular flexibility index (Phi) is 11.1. The summed E-state index contributed by atoms with van der Waals surface area (Å²) in [6.45, 7) is 8.27. The van der Waals surface area contributed by atoms with E-state index in [9.17, 15) is 0 Å². The molecule has 0 saturated carbocycles. The van der Waals surface area contributed by atoms with Gasteiger partial charge in [-0.05, 0) is 44.0 Å². The lowest BCUT2D eigenvalue weighted by Crippen LogP contribution is -3.00. The van der Waals surface area contributed by atoms with Gasteiger partial charge in [-0.3, -0.25) is 4.98 Å². The highest BCUT2D eigenvalue weighted by Crippen LogP contribution is 2.57. The molecule has 2 heterocycles. The molecule has 0 radical (unpaired) electrons. The van der Waals surface area contributed by atoms with Crippen LogP contribution in [0.25, 0.3) is 11.1 Å². The second kappa shape index (κ2) is 11.3. The molecule has 0 bridgehead atoms. The lowest BCUT2D eigenvalue weighted by molar-refractivity contribution is -0.692. The quantitative estimate of drug-likeness (QED) is 0.348. The lowest BCUT2D eigenvalue weighted by Gasteiger charge is -2.21. The fourth-order valence-corrected chi connectivity index (χ4v) is 5.76. The van der Waals surface area contributed by atoms with E-state index in [1.165, 1.54) is 35.8 Å². The SMILES string of the molecule is CC[P+](CC)(CC)CC[n+]1ccc(-c2ccncc2)cc1.[Br-].[Br-]. The average molecular weight is 462 g/mol. The summed E-state index contributed by atoms with van der Waals surface area (Å²) in [5.41, 5.74) is 2.49. The second-order valence-corrected chi connectivity index (χ2v) is 10.6. The van der Waals surface area contributed by atoms with Crippen molar-refractivity contribution in [3.63, 3.8) is 0 Å². The molecule has 2 rings (SSSR count). The largest absolute Gasteiger partial charge is 1.00 e. The van der Waals surface area contributed by atoms with E-state index in [0.29, 0.717) is 0 Å². The van der Waals surface area contributed by atoms with Crippen LogP contribution in [-0.2, 0) is 6.54 Å². The van der Waals surface area contributed by atoms with Gasteiger partial charge in [-0.25, -0.2) is 4.57 Å². The van der Waals surface area contributed by atoms with Crippen LogP contribution in [0.3, 0.4) is 0 Å². The molecule has 0 aliphatic rings. The Hall–Kier alpha value is -0.310. The maximum absolute atomic E-state index is 4.07. The first-order chi connectivity index (χ1) is 10.2. The molecule has 2 aromatic heterocycles. The molecule has 0 N–H and O–H groups in total. The van der Waals surface area contributed by atoms with E-state index in [2.05, 4.69) is 67.0 Å². The highest BCUT2D eigenvalue weighted by Gasteiger charge is 2.32. The molecule has 0 unspecified atom stereocenters. The fraction of sp³-hybridized carbons (Fsp3) is 0.444. The number of nitrogens with zero attached hydrogens (tertiary/aromatic N) is 2. The Morgan fingerprint density at radius 3 is 1.78 bits per heavy atom. The van der Waals surface area contributed by atoms with Crippen molar-refractivity contribution < 1.29 is 38.5 Å². The molecule has 0 aliphatic heterocycles. The van der Waals surface area contributed by atoms with Gasteiger partial charge in [0, 0.05) is 31.8 Å². The zero-order chi connectivity index (χ0) is 15.1. The summed E-state index contributed by atoms with van der Waals surface area (Å²) in [7, 11) is -0.703. The summed E-state index contributed by atoms with van der Waals surface area (Å²) < 4.78 is 2.33. The van der Waals surface area contributed by atoms with Gasteiger partial charge in [0.15, 0.2) is 18.9 Å². The van der Waals surface area contributed by atoms with Crippen LogP contribution in [0.2, 0.25) is 0 Å². The minimum absolute atomic E-state index is 0. The van der Waals surface area contributed by atoms with Crippen LogP contribution in [0.5, 0.6) is 0 Å². The Morgan fingerprint density at radius 2 is 1.30 bits per heavy atom. The first-order valence-electron chi connectivity index (χ1n) is 7.97. The van der Waals surface area contributed by atoms with Gasteiger partial charge < -0.3 is 34.0 Å². The monoisotopic (exact) mass is 460 g/mol. The van der Waals surface area contributed by atoms with Crippen LogP contribution in [0.1, 0.15) is 20.8 Å². The molecule has 0 atom stereocenters. The van der Waals surface area contributed by atoms with Gasteiger partial charge >= 0.3 is 0 Å². The predicted molar refractivity (Wildman–Crippen MR) is 93.3 cm³/mol. The lowest BCUT2D eigenvalue weighted by atomic mass is 10.1. The number of aryl methyl sites for hydroxylation is 1. The number of aromatic nitrogens is 2. The van der Waals surface area contributed by atoms with E-state index in [4.69, 9.17) is 0 Å². The van der Waals surface area contributed by atoms with Crippen LogP contribution in [0.4, 0.5) is 0 Å². The van der Waals surface area contributed by atoms with Crippen molar-refractivity contribution in [1.29, 1.82) is 0 Å². The predicted octanol–water partition coefficient (Wildman–Crippen LogP) is -1.88. The third kappa shape index (κ3) is 6.25. The van der Waals surface area contributed by atoms with Crippen molar-refractivity contribution in [3.8, 4) is 11.1 Å². The maximum Gasteiger partial charge on any atom is 0.181 e. The van der Waals surface area contributed by atoms with E-state index in [-0.39, 0.29) is 34.0 Å². The van der Waals surface area contributed by atoms with Crippen LogP contribution < -0.4 is 38.5 Å². The highest BCUT2D eigenvalue weighted by atomic mass is 79.9. The van der Waals surface area contributed by atoms with Gasteiger partial charge in [0.2, 0.25) is 0 Å². The Bertz CT molecular complexity index is 534. The van der Waals surface area contributed by atoms with E-state index < -0.39 is 7.26 Å². The zero-order valence-electron chi connectivity index (χ0n) is 14.3. The summed E-state index contributed by atoms with van der Waals surface area (Å²) in [6, 6.07) is 8.53. The van der Waals surface area contributed by atoms with Gasteiger partial charge in [-0.2, -0.15) is 0 Å². The second-order valence-electron chi connectivity index (χ2n) is 5.57. The number of rotatable bonds is 7. The Balaban J connectivity index is 0.00000242. The van der Waals surface area contributed by atoms with E-state index in [0.717, 1.165) is 6.54 Å². The average Bonchev–Trinajstić information content (AvgIpc) is 2.58. The smallest absolute Gasteiger partial charge is 0.181 e. The van der Waals surface area contributed by atoms with E-state index >= 15 is 0 Å². The highest BCUT2D eigenvalue weighted by molar-refractivity contribution is 7.75. The molecular weight excluding hydrogens is 435 g/mol. The molecule has 2 nitrogen and oxygen atoms in total. The van der Waals surface area contributed by atoms with Crippen molar-refractivity contribution in [1.82, 2.24) is 4.98 Å². The number of pyridine rings is 2. The number of hydrogen-bond acceptors (Lipinski definition) is 1. The fourth-order valence-electron chi connectivity index (χ4n) is 2.82. The van der Waals surface area contributed by atoms with Crippen molar-refractivity contribution in [2.75, 3.05) is 24.6 Å². The van der Waals surface area contributed by atoms with Gasteiger partial charge in [-0.15, -0.1) is 0 Å². The van der Waals surface area contributed by atoms with Crippen molar-refractivity contribution >= 4 is 7.26 Å². The van der Waals surface area contributed by atoms with Crippen LogP contribution in [0.15, 0.2) is 49.1 Å². The van der Waals surface area contributed by atoms with Gasteiger partial charge in [0.1, 0.15) is 6.16 Å². The van der Waals surface area contributed by atoms with Crippen molar-refractivity contribution in [2.24, 2.45) is 0 Å². The topological polar surface area (TPSA) is 16.8 Å². The summed E-state index contributed by atoms with van der Waals surface area (Å²) >= 11 is 0. The molecule has 128 valence electrons. The van der Waals surface area contributed by atoms with Crippen LogP contribution >= 0.6 is 7.26 Å². The molecule has 0 aromatic carbocycles. The first kappa shape index (κ1) is 22.7. The summed E-state index contributed by atoms with van der Waals surface area (Å²) in [5.74, 6) is 0. The third-order valence-electron chi connectivity index (χ3n) is 4.75. The molecule has 0 spiro atoms. The summed E-state index contributed by atoms with van der Waals surface area (Å²) in [6.07, 6.45) is 13.6. The molecular formula is C18H27Br2N2P. The van der Waals surface area contributed by atoms with Gasteiger partial charge in [-0.1, -0.05) is 0 Å². The molecule has 2 aromatic rings. The molecule has 0 saturated heterocycles. The van der Waals surface area contributed by atoms with Crippen molar-refractivity contribution in [2.45, 2.75) is 27.3 Å². The minimum atomic E-state index is -0.703. The molecule has 5 heteroatoms. The molecule has 0 aliphatic carbocycles. The number of hydrogen-bond donors (Lipinski definition) is 0.